The maximum Gasteiger partial charge on any atom is 0.335 e. The molecule has 5 nitrogen and oxygen atoms in total. The number of aliphatic hydroxyl groups excluding tert-OH is 1. The number of hydrogen-bond acceptors (Lipinski definition) is 3. The Morgan fingerprint density at radius 3 is 2.43 bits per heavy atom. The van der Waals surface area contributed by atoms with Crippen LogP contribution in [0.15, 0.2) is 24.3 Å². The fourth-order valence-corrected chi connectivity index (χ4v) is 3.84. The molecule has 1 unspecified atom stereocenters. The van der Waals surface area contributed by atoms with Crippen LogP contribution in [0.2, 0.25) is 0 Å². The van der Waals surface area contributed by atoms with Gasteiger partial charge >= 0.3 is 5.97 Å². The minimum absolute atomic E-state index is 0.0202. The van der Waals surface area contributed by atoms with Crippen LogP contribution in [0.1, 0.15) is 53.9 Å². The van der Waals surface area contributed by atoms with Gasteiger partial charge in [-0.1, -0.05) is 18.2 Å². The van der Waals surface area contributed by atoms with E-state index in [1.54, 1.807) is 12.1 Å². The highest BCUT2D eigenvalue weighted by molar-refractivity contribution is 5.89. The second kappa shape index (κ2) is 6.71. The number of carbonyl (C=O) groups is 2. The molecule has 124 valence electrons. The van der Waals surface area contributed by atoms with Crippen LogP contribution in [0.3, 0.4) is 0 Å². The summed E-state index contributed by atoms with van der Waals surface area (Å²) in [5.74, 6) is -0.619. The fourth-order valence-electron chi connectivity index (χ4n) is 3.84. The molecule has 5 heteroatoms. The zero-order valence-corrected chi connectivity index (χ0v) is 13.1. The van der Waals surface area contributed by atoms with Crippen molar-refractivity contribution in [1.82, 2.24) is 4.90 Å². The lowest BCUT2D eigenvalue weighted by molar-refractivity contribution is -0.136. The minimum atomic E-state index is -0.911. The lowest BCUT2D eigenvalue weighted by atomic mass is 9.86. The predicted octanol–water partition coefficient (Wildman–Crippen LogP) is 2.25. The average molecular weight is 317 g/mol. The molecule has 1 saturated carbocycles. The highest BCUT2D eigenvalue weighted by atomic mass is 16.4. The largest absolute Gasteiger partial charge is 0.478 e. The van der Waals surface area contributed by atoms with Gasteiger partial charge in [-0.05, 0) is 43.7 Å². The van der Waals surface area contributed by atoms with Crippen LogP contribution in [0, 0.1) is 5.92 Å². The summed E-state index contributed by atoms with van der Waals surface area (Å²) >= 11 is 0. The highest BCUT2D eigenvalue weighted by Gasteiger charge is 2.34. The fraction of sp³-hybridized carbons (Fsp3) is 0.556. The Morgan fingerprint density at radius 1 is 1.04 bits per heavy atom. The Kier molecular flexibility index (Phi) is 4.66. The van der Waals surface area contributed by atoms with Crippen molar-refractivity contribution in [1.29, 1.82) is 0 Å². The maximum atomic E-state index is 12.6. The summed E-state index contributed by atoms with van der Waals surface area (Å²) in [4.78, 5) is 25.9. The molecule has 1 atom stereocenters. The molecule has 1 aromatic rings. The molecule has 1 saturated heterocycles. The van der Waals surface area contributed by atoms with Crippen molar-refractivity contribution in [2.24, 2.45) is 5.92 Å². The quantitative estimate of drug-likeness (QED) is 0.896. The van der Waals surface area contributed by atoms with Crippen molar-refractivity contribution in [3.05, 3.63) is 35.4 Å². The minimum Gasteiger partial charge on any atom is -0.478 e. The lowest BCUT2D eigenvalue weighted by Crippen LogP contribution is -2.36. The van der Waals surface area contributed by atoms with Gasteiger partial charge in [0.2, 0.25) is 5.91 Å². The van der Waals surface area contributed by atoms with Gasteiger partial charge in [0, 0.05) is 24.9 Å². The Morgan fingerprint density at radius 2 is 1.74 bits per heavy atom. The Balaban J connectivity index is 1.67. The monoisotopic (exact) mass is 317 g/mol. The van der Waals surface area contributed by atoms with Crippen LogP contribution in [0.4, 0.5) is 0 Å². The number of carboxylic acids is 1. The second-order valence-corrected chi connectivity index (χ2v) is 6.67. The molecule has 0 radical (unpaired) electrons. The molecule has 1 heterocycles. The molecule has 2 aliphatic rings. The number of nitrogens with zero attached hydrogens (tertiary/aromatic N) is 1. The normalized spacial score (nSPS) is 27.9. The van der Waals surface area contributed by atoms with Crippen LogP contribution < -0.4 is 0 Å². The molecular weight excluding hydrogens is 294 g/mol. The van der Waals surface area contributed by atoms with Crippen LogP contribution in [-0.4, -0.2) is 46.2 Å². The summed E-state index contributed by atoms with van der Waals surface area (Å²) in [6.45, 7) is 1.29. The molecule has 2 N–H and O–H groups in total. The maximum absolute atomic E-state index is 12.6. The van der Waals surface area contributed by atoms with Crippen molar-refractivity contribution in [2.45, 2.75) is 44.1 Å². The van der Waals surface area contributed by atoms with Crippen molar-refractivity contribution < 1.29 is 19.8 Å². The summed E-state index contributed by atoms with van der Waals surface area (Å²) in [5.41, 5.74) is 1.17. The first-order valence-electron chi connectivity index (χ1n) is 8.35. The van der Waals surface area contributed by atoms with Gasteiger partial charge in [0.1, 0.15) is 0 Å². The second-order valence-electron chi connectivity index (χ2n) is 6.67. The van der Waals surface area contributed by atoms with E-state index in [0.29, 0.717) is 31.5 Å². The van der Waals surface area contributed by atoms with Gasteiger partial charge in [-0.25, -0.2) is 4.79 Å². The lowest BCUT2D eigenvalue weighted by Gasteiger charge is -2.28. The number of likely N-dealkylation sites (tertiary alicyclic amines) is 1. The highest BCUT2D eigenvalue weighted by Crippen LogP contribution is 2.33. The van der Waals surface area contributed by atoms with E-state index in [0.717, 1.165) is 24.8 Å². The van der Waals surface area contributed by atoms with Crippen LogP contribution in [0.25, 0.3) is 0 Å². The van der Waals surface area contributed by atoms with E-state index in [1.807, 2.05) is 17.0 Å². The van der Waals surface area contributed by atoms with Gasteiger partial charge in [0.25, 0.3) is 0 Å². The van der Waals surface area contributed by atoms with Crippen LogP contribution in [0.5, 0.6) is 0 Å². The van der Waals surface area contributed by atoms with Crippen LogP contribution in [-0.2, 0) is 4.79 Å². The third kappa shape index (κ3) is 3.39. The molecule has 0 spiro atoms. The number of carboxylic acid groups (broad SMARTS) is 1. The zero-order chi connectivity index (χ0) is 16.4. The smallest absolute Gasteiger partial charge is 0.335 e. The van der Waals surface area contributed by atoms with E-state index in [1.165, 1.54) is 0 Å². The summed E-state index contributed by atoms with van der Waals surface area (Å²) in [7, 11) is 0. The molecule has 0 aromatic heterocycles. The van der Waals surface area contributed by atoms with E-state index in [2.05, 4.69) is 0 Å². The molecule has 1 aromatic carbocycles. The number of benzene rings is 1. The summed E-state index contributed by atoms with van der Waals surface area (Å²) < 4.78 is 0. The van der Waals surface area contributed by atoms with Crippen molar-refractivity contribution in [3.8, 4) is 0 Å². The SMILES string of the molecule is O=C(O)c1ccccc1C1CCN(C(=O)C2CCC(O)CC2)C1. The summed E-state index contributed by atoms with van der Waals surface area (Å²) in [6, 6.07) is 7.08. The van der Waals surface area contributed by atoms with Crippen molar-refractivity contribution >= 4 is 11.9 Å². The number of aromatic carboxylic acids is 1. The number of rotatable bonds is 3. The standard InChI is InChI=1S/C18H23NO4/c20-14-7-5-12(6-8-14)17(21)19-10-9-13(11-19)15-3-1-2-4-16(15)18(22)23/h1-4,12-14,20H,5-11H2,(H,22,23). The molecule has 2 fully saturated rings. The Hall–Kier alpha value is -1.88. The van der Waals surface area contributed by atoms with E-state index in [9.17, 15) is 19.8 Å². The van der Waals surface area contributed by atoms with Crippen LogP contribution >= 0.6 is 0 Å². The Labute approximate surface area is 135 Å². The molecule has 0 bridgehead atoms. The number of hydrogen-bond donors (Lipinski definition) is 2. The van der Waals surface area contributed by atoms with Crippen molar-refractivity contribution in [2.75, 3.05) is 13.1 Å². The van der Waals surface area contributed by atoms with E-state index >= 15 is 0 Å². The first-order chi connectivity index (χ1) is 11.1. The summed E-state index contributed by atoms with van der Waals surface area (Å²) in [5, 5.41) is 18.9. The van der Waals surface area contributed by atoms with Crippen molar-refractivity contribution in [3.63, 3.8) is 0 Å². The third-order valence-corrected chi connectivity index (χ3v) is 5.18. The molecule has 23 heavy (non-hydrogen) atoms. The molecule has 3 rings (SSSR count). The van der Waals surface area contributed by atoms with E-state index < -0.39 is 5.97 Å². The van der Waals surface area contributed by atoms with Gasteiger partial charge in [-0.3, -0.25) is 4.79 Å². The number of carbonyl (C=O) groups excluding carboxylic acids is 1. The Bertz CT molecular complexity index is 592. The number of aliphatic hydroxyl groups is 1. The third-order valence-electron chi connectivity index (χ3n) is 5.18. The first kappa shape index (κ1) is 16.0. The van der Waals surface area contributed by atoms with Gasteiger partial charge in [-0.2, -0.15) is 0 Å². The first-order valence-corrected chi connectivity index (χ1v) is 8.35. The molecule has 1 aliphatic heterocycles. The number of amides is 1. The zero-order valence-electron chi connectivity index (χ0n) is 13.1. The predicted molar refractivity (Wildman–Crippen MR) is 85.3 cm³/mol. The van der Waals surface area contributed by atoms with Gasteiger partial charge < -0.3 is 15.1 Å². The average Bonchev–Trinajstić information content (AvgIpc) is 3.04. The van der Waals surface area contributed by atoms with E-state index in [4.69, 9.17) is 0 Å². The molecular formula is C18H23NO4. The topological polar surface area (TPSA) is 77.8 Å². The van der Waals surface area contributed by atoms with E-state index in [-0.39, 0.29) is 23.8 Å². The van der Waals surface area contributed by atoms with Gasteiger partial charge in [0.15, 0.2) is 0 Å². The molecule has 1 aliphatic carbocycles. The summed E-state index contributed by atoms with van der Waals surface area (Å²) in [6.07, 6.45) is 3.48. The van der Waals surface area contributed by atoms with Gasteiger partial charge in [0.05, 0.1) is 11.7 Å². The molecule has 1 amide bonds. The van der Waals surface area contributed by atoms with Gasteiger partial charge in [-0.15, -0.1) is 0 Å².